The lowest BCUT2D eigenvalue weighted by atomic mass is 9.99. The van der Waals surface area contributed by atoms with E-state index in [1.165, 1.54) is 5.56 Å². The van der Waals surface area contributed by atoms with E-state index in [9.17, 15) is 4.79 Å². The molecule has 1 aromatic heterocycles. The lowest BCUT2D eigenvalue weighted by Crippen LogP contribution is -2.41. The third kappa shape index (κ3) is 4.48. The number of amides is 1. The molecular weight excluding hydrogens is 338 g/mol. The second-order valence-corrected chi connectivity index (χ2v) is 7.40. The largest absolute Gasteiger partial charge is 0.489 e. The Morgan fingerprint density at radius 3 is 2.70 bits per heavy atom. The van der Waals surface area contributed by atoms with Crippen LogP contribution in [0, 0.1) is 0 Å². The molecule has 27 heavy (non-hydrogen) atoms. The Morgan fingerprint density at radius 2 is 1.89 bits per heavy atom. The summed E-state index contributed by atoms with van der Waals surface area (Å²) in [5.74, 6) is 1.06. The van der Waals surface area contributed by atoms with Gasteiger partial charge in [0.05, 0.1) is 6.20 Å². The van der Waals surface area contributed by atoms with Crippen LogP contribution >= 0.6 is 0 Å². The molecule has 1 amide bonds. The van der Waals surface area contributed by atoms with E-state index < -0.39 is 0 Å². The van der Waals surface area contributed by atoms with Crippen LogP contribution in [-0.4, -0.2) is 59.5 Å². The molecule has 2 aromatic rings. The van der Waals surface area contributed by atoms with E-state index in [-0.39, 0.29) is 12.0 Å². The van der Waals surface area contributed by atoms with Gasteiger partial charge in [0, 0.05) is 37.9 Å². The van der Waals surface area contributed by atoms with Crippen molar-refractivity contribution in [3.63, 3.8) is 0 Å². The predicted molar refractivity (Wildman–Crippen MR) is 105 cm³/mol. The van der Waals surface area contributed by atoms with Crippen LogP contribution in [-0.2, 0) is 6.42 Å². The average Bonchev–Trinajstić information content (AvgIpc) is 2.72. The van der Waals surface area contributed by atoms with Gasteiger partial charge in [0.25, 0.3) is 5.91 Å². The van der Waals surface area contributed by atoms with Gasteiger partial charge in [-0.25, -0.2) is 0 Å². The number of likely N-dealkylation sites (tertiary alicyclic amines) is 1. The van der Waals surface area contributed by atoms with Gasteiger partial charge in [-0.15, -0.1) is 0 Å². The Kier molecular flexibility index (Phi) is 5.68. The Morgan fingerprint density at radius 1 is 1.04 bits per heavy atom. The highest BCUT2D eigenvalue weighted by molar-refractivity contribution is 5.96. The molecule has 3 heterocycles. The normalized spacial score (nSPS) is 18.4. The molecule has 0 N–H and O–H groups in total. The van der Waals surface area contributed by atoms with Gasteiger partial charge in [0.15, 0.2) is 0 Å². The number of aromatic nitrogens is 1. The van der Waals surface area contributed by atoms with Crippen molar-refractivity contribution in [2.75, 3.05) is 32.7 Å². The second kappa shape index (κ2) is 8.53. The standard InChI is InChI=1S/C22H27N3O2/c26-22-21-7-2-1-5-18(21)8-16-25(22)13-4-12-24-14-9-19(10-15-24)27-20-6-3-11-23-17-20/h1-3,5-7,11,17,19H,4,8-10,12-16H2. The molecule has 142 valence electrons. The topological polar surface area (TPSA) is 45.7 Å². The molecule has 4 rings (SSSR count). The van der Waals surface area contributed by atoms with E-state index >= 15 is 0 Å². The first-order chi connectivity index (χ1) is 13.3. The van der Waals surface area contributed by atoms with Crippen molar-refractivity contribution < 1.29 is 9.53 Å². The summed E-state index contributed by atoms with van der Waals surface area (Å²) in [7, 11) is 0. The molecule has 0 spiro atoms. The van der Waals surface area contributed by atoms with Crippen LogP contribution in [0.4, 0.5) is 0 Å². The molecule has 0 unspecified atom stereocenters. The highest BCUT2D eigenvalue weighted by atomic mass is 16.5. The smallest absolute Gasteiger partial charge is 0.254 e. The van der Waals surface area contributed by atoms with Gasteiger partial charge in [0.2, 0.25) is 0 Å². The first kappa shape index (κ1) is 18.0. The molecule has 0 bridgehead atoms. The lowest BCUT2D eigenvalue weighted by Gasteiger charge is -2.33. The molecule has 2 aliphatic rings. The fourth-order valence-corrected chi connectivity index (χ4v) is 4.03. The van der Waals surface area contributed by atoms with Crippen LogP contribution in [0.5, 0.6) is 5.75 Å². The fraction of sp³-hybridized carbons (Fsp3) is 0.455. The molecule has 1 aromatic carbocycles. The minimum absolute atomic E-state index is 0.195. The highest BCUT2D eigenvalue weighted by Crippen LogP contribution is 2.20. The van der Waals surface area contributed by atoms with Crippen molar-refractivity contribution in [2.45, 2.75) is 31.8 Å². The number of carbonyl (C=O) groups excluding carboxylic acids is 1. The molecule has 0 radical (unpaired) electrons. The van der Waals surface area contributed by atoms with Crippen LogP contribution < -0.4 is 4.74 Å². The van der Waals surface area contributed by atoms with Crippen molar-refractivity contribution >= 4 is 5.91 Å². The van der Waals surface area contributed by atoms with Crippen molar-refractivity contribution in [3.05, 3.63) is 59.9 Å². The Hall–Kier alpha value is -2.40. The van der Waals surface area contributed by atoms with Gasteiger partial charge in [-0.1, -0.05) is 18.2 Å². The molecule has 5 heteroatoms. The summed E-state index contributed by atoms with van der Waals surface area (Å²) in [4.78, 5) is 21.2. The van der Waals surface area contributed by atoms with Gasteiger partial charge in [-0.2, -0.15) is 0 Å². The third-order valence-electron chi connectivity index (χ3n) is 5.56. The zero-order valence-corrected chi connectivity index (χ0v) is 15.7. The number of fused-ring (bicyclic) bond motifs is 1. The van der Waals surface area contributed by atoms with Crippen LogP contribution in [0.1, 0.15) is 35.2 Å². The van der Waals surface area contributed by atoms with Gasteiger partial charge < -0.3 is 14.5 Å². The summed E-state index contributed by atoms with van der Waals surface area (Å²) in [6, 6.07) is 11.9. The molecule has 0 aliphatic carbocycles. The number of hydrogen-bond donors (Lipinski definition) is 0. The number of pyridine rings is 1. The van der Waals surface area contributed by atoms with Gasteiger partial charge in [-0.05, 0) is 56.0 Å². The molecule has 1 fully saturated rings. The lowest BCUT2D eigenvalue weighted by molar-refractivity contribution is 0.0716. The number of hydrogen-bond acceptors (Lipinski definition) is 4. The van der Waals surface area contributed by atoms with Crippen molar-refractivity contribution in [1.29, 1.82) is 0 Å². The Balaban J connectivity index is 1.18. The molecule has 0 atom stereocenters. The molecule has 5 nitrogen and oxygen atoms in total. The monoisotopic (exact) mass is 365 g/mol. The summed E-state index contributed by atoms with van der Waals surface area (Å²) >= 11 is 0. The van der Waals surface area contributed by atoms with E-state index in [2.05, 4.69) is 16.0 Å². The maximum atomic E-state index is 12.6. The minimum Gasteiger partial charge on any atom is -0.489 e. The number of ether oxygens (including phenoxy) is 1. The number of benzene rings is 1. The zero-order chi connectivity index (χ0) is 18.5. The number of rotatable bonds is 6. The third-order valence-corrected chi connectivity index (χ3v) is 5.56. The molecular formula is C22H27N3O2. The summed E-state index contributed by atoms with van der Waals surface area (Å²) in [6.07, 6.45) is 7.92. The summed E-state index contributed by atoms with van der Waals surface area (Å²) in [6.45, 7) is 4.85. The molecule has 1 saturated heterocycles. The van der Waals surface area contributed by atoms with Gasteiger partial charge >= 0.3 is 0 Å². The van der Waals surface area contributed by atoms with Crippen LogP contribution in [0.25, 0.3) is 0 Å². The zero-order valence-electron chi connectivity index (χ0n) is 15.7. The summed E-state index contributed by atoms with van der Waals surface area (Å²) in [5, 5.41) is 0. The predicted octanol–water partition coefficient (Wildman–Crippen LogP) is 3.01. The van der Waals surface area contributed by atoms with Crippen LogP contribution in [0.3, 0.4) is 0 Å². The van der Waals surface area contributed by atoms with Crippen molar-refractivity contribution in [1.82, 2.24) is 14.8 Å². The van der Waals surface area contributed by atoms with E-state index in [0.29, 0.717) is 0 Å². The molecule has 2 aliphatic heterocycles. The van der Waals surface area contributed by atoms with Gasteiger partial charge in [0.1, 0.15) is 11.9 Å². The van der Waals surface area contributed by atoms with Crippen LogP contribution in [0.2, 0.25) is 0 Å². The van der Waals surface area contributed by atoms with E-state index in [1.54, 1.807) is 12.4 Å². The Labute approximate surface area is 161 Å². The van der Waals surface area contributed by atoms with Crippen LogP contribution in [0.15, 0.2) is 48.8 Å². The fourth-order valence-electron chi connectivity index (χ4n) is 4.03. The van der Waals surface area contributed by atoms with E-state index in [0.717, 1.165) is 69.7 Å². The number of nitrogens with zero attached hydrogens (tertiary/aromatic N) is 3. The maximum Gasteiger partial charge on any atom is 0.254 e. The van der Waals surface area contributed by atoms with E-state index in [4.69, 9.17) is 4.74 Å². The average molecular weight is 365 g/mol. The number of piperidine rings is 1. The Bertz CT molecular complexity index is 757. The van der Waals surface area contributed by atoms with E-state index in [1.807, 2.05) is 35.2 Å². The highest BCUT2D eigenvalue weighted by Gasteiger charge is 2.24. The quantitative estimate of drug-likeness (QED) is 0.789. The maximum absolute atomic E-state index is 12.6. The number of carbonyl (C=O) groups is 1. The summed E-state index contributed by atoms with van der Waals surface area (Å²) < 4.78 is 6.01. The van der Waals surface area contributed by atoms with Crippen molar-refractivity contribution in [2.24, 2.45) is 0 Å². The summed E-state index contributed by atoms with van der Waals surface area (Å²) in [5.41, 5.74) is 2.08. The van der Waals surface area contributed by atoms with Gasteiger partial charge in [-0.3, -0.25) is 9.78 Å². The minimum atomic E-state index is 0.195. The molecule has 0 saturated carbocycles. The van der Waals surface area contributed by atoms with Crippen molar-refractivity contribution in [3.8, 4) is 5.75 Å². The SMILES string of the molecule is O=C1c2ccccc2CCN1CCCN1CCC(Oc2cccnc2)CC1. The first-order valence-corrected chi connectivity index (χ1v) is 9.96. The first-order valence-electron chi connectivity index (χ1n) is 9.96. The second-order valence-electron chi connectivity index (χ2n) is 7.40.